The van der Waals surface area contributed by atoms with E-state index in [1.807, 2.05) is 13.8 Å². The Morgan fingerprint density at radius 3 is 2.76 bits per heavy atom. The highest BCUT2D eigenvalue weighted by Gasteiger charge is 2.19. The summed E-state index contributed by atoms with van der Waals surface area (Å²) >= 11 is 0. The maximum atomic E-state index is 13.4. The lowest BCUT2D eigenvalue weighted by Crippen LogP contribution is -2.31. The van der Waals surface area contributed by atoms with Gasteiger partial charge in [0.25, 0.3) is 11.8 Å². The first-order valence-electron chi connectivity index (χ1n) is 8.32. The monoisotopic (exact) mass is 347 g/mol. The Hall–Kier alpha value is -2.70. The number of oxazole rings is 1. The smallest absolute Gasteiger partial charge is 0.273 e. The zero-order chi connectivity index (χ0) is 18.2. The van der Waals surface area contributed by atoms with E-state index in [2.05, 4.69) is 10.3 Å². The lowest BCUT2D eigenvalue weighted by atomic mass is 10.2. The van der Waals surface area contributed by atoms with E-state index < -0.39 is 5.82 Å². The first-order valence-corrected chi connectivity index (χ1v) is 8.32. The molecule has 0 aliphatic rings. The summed E-state index contributed by atoms with van der Waals surface area (Å²) in [7, 11) is 0. The van der Waals surface area contributed by atoms with Crippen molar-refractivity contribution in [1.29, 1.82) is 0 Å². The molecule has 6 nitrogen and oxygen atoms in total. The van der Waals surface area contributed by atoms with Crippen molar-refractivity contribution in [2.45, 2.75) is 33.2 Å². The van der Waals surface area contributed by atoms with Gasteiger partial charge in [-0.05, 0) is 31.0 Å². The summed E-state index contributed by atoms with van der Waals surface area (Å²) in [6, 6.07) is 5.54. The maximum Gasteiger partial charge on any atom is 0.273 e. The van der Waals surface area contributed by atoms with Gasteiger partial charge in [-0.2, -0.15) is 0 Å². The summed E-state index contributed by atoms with van der Waals surface area (Å²) in [6.45, 7) is 5.03. The summed E-state index contributed by atoms with van der Waals surface area (Å²) in [5, 5.41) is 2.71. The van der Waals surface area contributed by atoms with Gasteiger partial charge in [0.1, 0.15) is 12.1 Å². The van der Waals surface area contributed by atoms with E-state index in [1.165, 1.54) is 29.4 Å². The molecule has 1 N–H and O–H groups in total. The summed E-state index contributed by atoms with van der Waals surface area (Å²) in [6.07, 6.45) is 2.82. The van der Waals surface area contributed by atoms with E-state index in [0.717, 1.165) is 12.8 Å². The van der Waals surface area contributed by atoms with Crippen molar-refractivity contribution in [1.82, 2.24) is 15.2 Å². The van der Waals surface area contributed by atoms with Gasteiger partial charge in [-0.25, -0.2) is 9.37 Å². The van der Waals surface area contributed by atoms with Crippen LogP contribution in [-0.4, -0.2) is 34.8 Å². The molecular weight excluding hydrogens is 325 g/mol. The van der Waals surface area contributed by atoms with Crippen LogP contribution in [0, 0.1) is 5.82 Å². The molecule has 2 aromatic rings. The quantitative estimate of drug-likeness (QED) is 0.796. The number of carbonyl (C=O) groups excluding carboxylic acids is 2. The highest BCUT2D eigenvalue weighted by atomic mass is 19.1. The number of halogens is 1. The number of benzene rings is 1. The van der Waals surface area contributed by atoms with Gasteiger partial charge in [0.2, 0.25) is 5.89 Å². The highest BCUT2D eigenvalue weighted by Crippen LogP contribution is 2.12. The summed E-state index contributed by atoms with van der Waals surface area (Å²) in [4.78, 5) is 30.1. The molecule has 0 aliphatic heterocycles. The van der Waals surface area contributed by atoms with Crippen LogP contribution < -0.4 is 5.32 Å². The maximum absolute atomic E-state index is 13.4. The van der Waals surface area contributed by atoms with Crippen molar-refractivity contribution in [3.05, 3.63) is 53.5 Å². The van der Waals surface area contributed by atoms with Crippen LogP contribution in [0.2, 0.25) is 0 Å². The fraction of sp³-hybridized carbons (Fsp3) is 0.389. The Balaban J connectivity index is 2.10. The van der Waals surface area contributed by atoms with Crippen molar-refractivity contribution in [2.24, 2.45) is 0 Å². The van der Waals surface area contributed by atoms with Crippen molar-refractivity contribution >= 4 is 11.8 Å². The average molecular weight is 347 g/mol. The molecule has 2 rings (SSSR count). The number of nitrogens with zero attached hydrogens (tertiary/aromatic N) is 2. The molecule has 0 unspecified atom stereocenters. The lowest BCUT2D eigenvalue weighted by molar-refractivity contribution is 0.0728. The molecule has 0 spiro atoms. The molecule has 0 aliphatic carbocycles. The van der Waals surface area contributed by atoms with Gasteiger partial charge in [0, 0.05) is 18.7 Å². The van der Waals surface area contributed by atoms with Crippen LogP contribution in [0.4, 0.5) is 4.39 Å². The van der Waals surface area contributed by atoms with Gasteiger partial charge in [-0.3, -0.25) is 9.59 Å². The molecule has 0 atom stereocenters. The molecule has 0 saturated heterocycles. The molecule has 0 fully saturated rings. The van der Waals surface area contributed by atoms with Crippen LogP contribution in [0.15, 0.2) is 34.9 Å². The minimum absolute atomic E-state index is 0.115. The molecule has 1 heterocycles. The summed E-state index contributed by atoms with van der Waals surface area (Å²) < 4.78 is 18.7. The van der Waals surface area contributed by atoms with Gasteiger partial charge < -0.3 is 14.6 Å². The number of carbonyl (C=O) groups is 2. The van der Waals surface area contributed by atoms with E-state index in [0.29, 0.717) is 13.1 Å². The minimum Gasteiger partial charge on any atom is -0.446 e. The normalized spacial score (nSPS) is 10.5. The van der Waals surface area contributed by atoms with Crippen molar-refractivity contribution in [3.63, 3.8) is 0 Å². The fourth-order valence-electron chi connectivity index (χ4n) is 2.31. The van der Waals surface area contributed by atoms with Crippen molar-refractivity contribution in [3.8, 4) is 0 Å². The Bertz CT molecular complexity index is 730. The second kappa shape index (κ2) is 8.96. The Morgan fingerprint density at radius 2 is 2.08 bits per heavy atom. The average Bonchev–Trinajstić information content (AvgIpc) is 3.07. The third-order valence-electron chi connectivity index (χ3n) is 3.50. The van der Waals surface area contributed by atoms with Crippen LogP contribution in [0.5, 0.6) is 0 Å². The van der Waals surface area contributed by atoms with Crippen LogP contribution in [0.1, 0.15) is 53.4 Å². The molecule has 0 radical (unpaired) electrons. The first kappa shape index (κ1) is 18.6. The van der Waals surface area contributed by atoms with Gasteiger partial charge in [0.15, 0.2) is 5.69 Å². The molecule has 1 aromatic heterocycles. The van der Waals surface area contributed by atoms with Crippen molar-refractivity contribution in [2.75, 3.05) is 13.1 Å². The number of nitrogens with one attached hydrogen (secondary N) is 1. The van der Waals surface area contributed by atoms with Gasteiger partial charge >= 0.3 is 0 Å². The predicted octanol–water partition coefficient (Wildman–Crippen LogP) is 3.01. The zero-order valence-electron chi connectivity index (χ0n) is 14.4. The Kier molecular flexibility index (Phi) is 6.68. The second-order valence-electron chi connectivity index (χ2n) is 5.62. The molecule has 0 bridgehead atoms. The van der Waals surface area contributed by atoms with E-state index in [1.54, 1.807) is 6.07 Å². The fourth-order valence-corrected chi connectivity index (χ4v) is 2.31. The van der Waals surface area contributed by atoms with Crippen LogP contribution in [0.3, 0.4) is 0 Å². The Labute approximate surface area is 146 Å². The van der Waals surface area contributed by atoms with Gasteiger partial charge in [-0.15, -0.1) is 0 Å². The van der Waals surface area contributed by atoms with Crippen LogP contribution >= 0.6 is 0 Å². The van der Waals surface area contributed by atoms with Crippen LogP contribution in [-0.2, 0) is 6.54 Å². The number of rotatable bonds is 8. The SMILES string of the molecule is CCCNC(=O)c1coc(CN(CCC)C(=O)c2cccc(F)c2)n1. The van der Waals surface area contributed by atoms with Gasteiger partial charge in [-0.1, -0.05) is 19.9 Å². The molecule has 134 valence electrons. The second-order valence-corrected chi connectivity index (χ2v) is 5.62. The van der Waals surface area contributed by atoms with Crippen LogP contribution in [0.25, 0.3) is 0 Å². The highest BCUT2D eigenvalue weighted by molar-refractivity contribution is 5.94. The largest absolute Gasteiger partial charge is 0.446 e. The van der Waals surface area contributed by atoms with Crippen molar-refractivity contribution < 1.29 is 18.4 Å². The molecule has 0 saturated carbocycles. The number of hydrogen-bond acceptors (Lipinski definition) is 4. The summed E-state index contributed by atoms with van der Waals surface area (Å²) in [5.74, 6) is -0.819. The van der Waals surface area contributed by atoms with E-state index in [9.17, 15) is 14.0 Å². The minimum atomic E-state index is -0.465. The van der Waals surface area contributed by atoms with E-state index >= 15 is 0 Å². The summed E-state index contributed by atoms with van der Waals surface area (Å²) in [5.41, 5.74) is 0.444. The van der Waals surface area contributed by atoms with E-state index in [-0.39, 0.29) is 35.5 Å². The lowest BCUT2D eigenvalue weighted by Gasteiger charge is -2.20. The number of hydrogen-bond donors (Lipinski definition) is 1. The number of aromatic nitrogens is 1. The third kappa shape index (κ3) is 5.14. The van der Waals surface area contributed by atoms with Gasteiger partial charge in [0.05, 0.1) is 6.54 Å². The first-order chi connectivity index (χ1) is 12.0. The molecule has 2 amide bonds. The topological polar surface area (TPSA) is 75.4 Å². The Morgan fingerprint density at radius 1 is 1.28 bits per heavy atom. The number of amides is 2. The molecular formula is C18H22FN3O3. The van der Waals surface area contributed by atoms with E-state index in [4.69, 9.17) is 4.42 Å². The molecule has 1 aromatic carbocycles. The third-order valence-corrected chi connectivity index (χ3v) is 3.50. The molecule has 7 heteroatoms. The zero-order valence-corrected chi connectivity index (χ0v) is 14.4. The predicted molar refractivity (Wildman–Crippen MR) is 90.6 cm³/mol. The molecule has 25 heavy (non-hydrogen) atoms. The standard InChI is InChI=1S/C18H22FN3O3/c1-3-8-20-17(23)15-12-25-16(21-15)11-22(9-4-2)18(24)13-6-5-7-14(19)10-13/h5-7,10,12H,3-4,8-9,11H2,1-2H3,(H,20,23).